The van der Waals surface area contributed by atoms with Crippen LogP contribution in [0.25, 0.3) is 21.7 Å². The monoisotopic (exact) mass is 464 g/mol. The van der Waals surface area contributed by atoms with E-state index in [0.29, 0.717) is 21.4 Å². The number of non-ortho nitro benzene ring substituents is 2. The predicted octanol–water partition coefficient (Wildman–Crippen LogP) is 6.70. The minimum Gasteiger partial charge on any atom is -0.258 e. The second kappa shape index (κ2) is 9.04. The molecule has 0 atom stereocenters. The van der Waals surface area contributed by atoms with Crippen LogP contribution in [0, 0.1) is 20.2 Å². The number of aromatic nitrogens is 1. The second-order valence-corrected chi connectivity index (χ2v) is 8.01. The molecule has 0 fully saturated rings. The third-order valence-corrected chi connectivity index (χ3v) is 5.74. The first-order valence-corrected chi connectivity index (χ1v) is 10.4. The lowest BCUT2D eigenvalue weighted by Crippen LogP contribution is -1.89. The maximum atomic E-state index is 11.0. The minimum atomic E-state index is -0.466. The third-order valence-electron chi connectivity index (χ3n) is 4.48. The van der Waals surface area contributed by atoms with Crippen LogP contribution in [0.15, 0.2) is 77.8 Å². The summed E-state index contributed by atoms with van der Waals surface area (Å²) in [6.45, 7) is 0. The van der Waals surface area contributed by atoms with Crippen molar-refractivity contribution in [2.75, 3.05) is 0 Å². The highest BCUT2D eigenvalue weighted by Crippen LogP contribution is 2.40. The summed E-state index contributed by atoms with van der Waals surface area (Å²) in [5, 5.41) is 23.0. The Morgan fingerprint density at radius 1 is 0.875 bits per heavy atom. The molecular weight excluding hydrogens is 452 g/mol. The van der Waals surface area contributed by atoms with Gasteiger partial charge in [-0.3, -0.25) is 20.2 Å². The number of hydrogen-bond donors (Lipinski definition) is 0. The average molecular weight is 465 g/mol. The van der Waals surface area contributed by atoms with Crippen molar-refractivity contribution < 1.29 is 9.85 Å². The van der Waals surface area contributed by atoms with Gasteiger partial charge in [0.05, 0.1) is 20.4 Å². The normalized spacial score (nSPS) is 11.0. The number of nitro benzene ring substituents is 2. The van der Waals surface area contributed by atoms with Crippen molar-refractivity contribution in [2.24, 2.45) is 4.99 Å². The molecule has 0 aliphatic rings. The number of halogens is 1. The van der Waals surface area contributed by atoms with E-state index in [1.807, 2.05) is 12.1 Å². The van der Waals surface area contributed by atoms with Crippen molar-refractivity contribution in [2.45, 2.75) is 0 Å². The first-order valence-electron chi connectivity index (χ1n) is 9.21. The Bertz CT molecular complexity index is 1340. The Labute approximate surface area is 190 Å². The Balaban J connectivity index is 1.75. The first kappa shape index (κ1) is 21.3. The Kier molecular flexibility index (Phi) is 6.02. The van der Waals surface area contributed by atoms with Crippen LogP contribution in [-0.4, -0.2) is 21.0 Å². The molecule has 0 radical (unpaired) electrons. The molecule has 4 rings (SSSR count). The molecule has 0 aliphatic carbocycles. The van der Waals surface area contributed by atoms with Crippen LogP contribution in [0.3, 0.4) is 0 Å². The number of nitrogens with zero attached hydrogens (tertiary/aromatic N) is 4. The van der Waals surface area contributed by atoms with Gasteiger partial charge in [-0.1, -0.05) is 47.2 Å². The molecule has 0 aliphatic heterocycles. The molecule has 0 saturated carbocycles. The topological polar surface area (TPSA) is 112 Å². The zero-order valence-electron chi connectivity index (χ0n) is 16.2. The van der Waals surface area contributed by atoms with Gasteiger partial charge in [0.1, 0.15) is 0 Å². The molecule has 10 heteroatoms. The van der Waals surface area contributed by atoms with Gasteiger partial charge in [0.15, 0.2) is 0 Å². The van der Waals surface area contributed by atoms with Crippen LogP contribution in [0.1, 0.15) is 5.56 Å². The van der Waals surface area contributed by atoms with E-state index in [4.69, 9.17) is 11.6 Å². The van der Waals surface area contributed by atoms with Gasteiger partial charge in [0.2, 0.25) is 5.13 Å². The highest BCUT2D eigenvalue weighted by Gasteiger charge is 2.16. The van der Waals surface area contributed by atoms with Crippen LogP contribution in [0.4, 0.5) is 16.5 Å². The summed E-state index contributed by atoms with van der Waals surface area (Å²) in [5.41, 5.74) is 2.77. The van der Waals surface area contributed by atoms with E-state index >= 15 is 0 Å². The molecule has 1 heterocycles. The fraction of sp³-hybridized carbons (Fsp3) is 0. The van der Waals surface area contributed by atoms with Gasteiger partial charge in [0.25, 0.3) is 11.4 Å². The average Bonchev–Trinajstić information content (AvgIpc) is 3.23. The number of hydrogen-bond acceptors (Lipinski definition) is 7. The predicted molar refractivity (Wildman–Crippen MR) is 125 cm³/mol. The summed E-state index contributed by atoms with van der Waals surface area (Å²) in [6, 6.07) is 19.5. The maximum absolute atomic E-state index is 11.0. The maximum Gasteiger partial charge on any atom is 0.270 e. The molecule has 0 spiro atoms. The smallest absolute Gasteiger partial charge is 0.258 e. The highest BCUT2D eigenvalue weighted by molar-refractivity contribution is 7.19. The quantitative estimate of drug-likeness (QED) is 0.179. The van der Waals surface area contributed by atoms with E-state index in [1.165, 1.54) is 41.8 Å². The van der Waals surface area contributed by atoms with Crippen molar-refractivity contribution in [3.63, 3.8) is 0 Å². The van der Waals surface area contributed by atoms with Crippen molar-refractivity contribution in [1.29, 1.82) is 0 Å². The lowest BCUT2D eigenvalue weighted by Gasteiger charge is -2.03. The number of aliphatic imine (C=N–C) groups is 1. The van der Waals surface area contributed by atoms with E-state index < -0.39 is 9.85 Å². The first-order chi connectivity index (χ1) is 15.4. The lowest BCUT2D eigenvalue weighted by molar-refractivity contribution is -0.385. The van der Waals surface area contributed by atoms with E-state index in [0.717, 1.165) is 16.0 Å². The summed E-state index contributed by atoms with van der Waals surface area (Å²) in [5.74, 6) is 0. The lowest BCUT2D eigenvalue weighted by atomic mass is 10.1. The number of benzene rings is 3. The fourth-order valence-corrected chi connectivity index (χ4v) is 4.01. The molecule has 0 amide bonds. The summed E-state index contributed by atoms with van der Waals surface area (Å²) in [6.07, 6.45) is 1.51. The molecular formula is C22H13ClN4O4S. The van der Waals surface area contributed by atoms with E-state index in [2.05, 4.69) is 9.98 Å². The SMILES string of the molecule is O=[N+]([O-])c1ccc(-c2sc(N=Cc3cccc([N+](=O)[O-])c3)nc2-c2ccc(Cl)cc2)cc1. The second-order valence-electron chi connectivity index (χ2n) is 6.60. The molecule has 0 unspecified atom stereocenters. The van der Waals surface area contributed by atoms with Crippen molar-refractivity contribution >= 4 is 45.7 Å². The molecule has 3 aromatic carbocycles. The molecule has 0 saturated heterocycles. The molecule has 8 nitrogen and oxygen atoms in total. The van der Waals surface area contributed by atoms with Gasteiger partial charge >= 0.3 is 0 Å². The minimum absolute atomic E-state index is 0.00442. The number of rotatable bonds is 6. The van der Waals surface area contributed by atoms with Crippen LogP contribution >= 0.6 is 22.9 Å². The highest BCUT2D eigenvalue weighted by atomic mass is 35.5. The standard InChI is InChI=1S/C22H13ClN4O4S/c23-17-8-4-15(5-9-17)20-21(16-6-10-18(11-7-16)26(28)29)32-22(25-20)24-13-14-2-1-3-19(12-14)27(30)31/h1-13H. The van der Waals surface area contributed by atoms with E-state index in [9.17, 15) is 20.2 Å². The fourth-order valence-electron chi connectivity index (χ4n) is 2.95. The zero-order valence-corrected chi connectivity index (χ0v) is 17.8. The Morgan fingerprint density at radius 2 is 1.53 bits per heavy atom. The molecule has 0 N–H and O–H groups in total. The Hall–Kier alpha value is -3.95. The summed E-state index contributed by atoms with van der Waals surface area (Å²) < 4.78 is 0. The van der Waals surface area contributed by atoms with E-state index in [1.54, 1.807) is 36.4 Å². The Morgan fingerprint density at radius 3 is 2.19 bits per heavy atom. The summed E-state index contributed by atoms with van der Waals surface area (Å²) >= 11 is 7.32. The molecule has 158 valence electrons. The third kappa shape index (κ3) is 4.69. The molecule has 1 aromatic heterocycles. The van der Waals surface area contributed by atoms with Gasteiger partial charge in [0, 0.05) is 41.1 Å². The number of thiazole rings is 1. The van der Waals surface area contributed by atoms with E-state index in [-0.39, 0.29) is 11.4 Å². The number of nitro groups is 2. The summed E-state index contributed by atoms with van der Waals surface area (Å²) in [4.78, 5) is 30.9. The van der Waals surface area contributed by atoms with Crippen LogP contribution in [0.5, 0.6) is 0 Å². The molecule has 0 bridgehead atoms. The van der Waals surface area contributed by atoms with Gasteiger partial charge in [-0.05, 0) is 35.4 Å². The molecule has 4 aromatic rings. The van der Waals surface area contributed by atoms with Crippen LogP contribution in [-0.2, 0) is 0 Å². The van der Waals surface area contributed by atoms with Gasteiger partial charge in [-0.2, -0.15) is 0 Å². The van der Waals surface area contributed by atoms with Crippen molar-refractivity contribution in [1.82, 2.24) is 4.98 Å². The van der Waals surface area contributed by atoms with Gasteiger partial charge < -0.3 is 0 Å². The van der Waals surface area contributed by atoms with Gasteiger partial charge in [-0.25, -0.2) is 9.98 Å². The summed E-state index contributed by atoms with van der Waals surface area (Å²) in [7, 11) is 0. The van der Waals surface area contributed by atoms with Crippen LogP contribution < -0.4 is 0 Å². The van der Waals surface area contributed by atoms with Crippen LogP contribution in [0.2, 0.25) is 5.02 Å². The molecule has 32 heavy (non-hydrogen) atoms. The van der Waals surface area contributed by atoms with Gasteiger partial charge in [-0.15, -0.1) is 0 Å². The van der Waals surface area contributed by atoms with Crippen molar-refractivity contribution in [3.05, 3.63) is 104 Å². The zero-order chi connectivity index (χ0) is 22.7. The van der Waals surface area contributed by atoms with Crippen molar-refractivity contribution in [3.8, 4) is 21.7 Å². The largest absolute Gasteiger partial charge is 0.270 e.